The van der Waals surface area contributed by atoms with Gasteiger partial charge in [0.15, 0.2) is 0 Å². The monoisotopic (exact) mass is 307 g/mol. The van der Waals surface area contributed by atoms with Gasteiger partial charge in [0.1, 0.15) is 6.61 Å². The minimum absolute atomic E-state index is 0.0688. The summed E-state index contributed by atoms with van der Waals surface area (Å²) in [4.78, 5) is 30.7. The first-order valence-electron chi connectivity index (χ1n) is 7.83. The molecule has 2 aliphatic rings. The number of carbonyl (C=O) groups excluding carboxylic acids is 1. The van der Waals surface area contributed by atoms with Crippen molar-refractivity contribution >= 4 is 11.9 Å². The summed E-state index contributed by atoms with van der Waals surface area (Å²) in [5.41, 5.74) is 1.39. The van der Waals surface area contributed by atoms with Gasteiger partial charge in [0.2, 0.25) is 5.95 Å². The van der Waals surface area contributed by atoms with E-state index in [-0.39, 0.29) is 30.1 Å². The van der Waals surface area contributed by atoms with Gasteiger partial charge in [-0.1, -0.05) is 0 Å². The molecule has 1 unspecified atom stereocenters. The van der Waals surface area contributed by atoms with Crippen molar-refractivity contribution < 1.29 is 14.3 Å². The highest BCUT2D eigenvalue weighted by Crippen LogP contribution is 2.16. The van der Waals surface area contributed by atoms with Crippen LogP contribution in [0.2, 0.25) is 0 Å². The van der Waals surface area contributed by atoms with Crippen molar-refractivity contribution in [3.05, 3.63) is 21.6 Å². The molecular weight excluding hydrogens is 286 g/mol. The maximum Gasteiger partial charge on any atom is 0.255 e. The van der Waals surface area contributed by atoms with E-state index >= 15 is 0 Å². The van der Waals surface area contributed by atoms with E-state index in [2.05, 4.69) is 15.3 Å². The molecule has 2 N–H and O–H groups in total. The van der Waals surface area contributed by atoms with E-state index in [0.717, 1.165) is 56.4 Å². The van der Waals surface area contributed by atoms with Crippen LogP contribution in [0.1, 0.15) is 36.9 Å². The number of hydrogen-bond acceptors (Lipinski definition) is 5. The third-order valence-corrected chi connectivity index (χ3v) is 4.01. The fraction of sp³-hybridized carbons (Fsp3) is 0.667. The van der Waals surface area contributed by atoms with E-state index in [4.69, 9.17) is 9.47 Å². The Balaban J connectivity index is 1.52. The molecule has 0 saturated carbocycles. The molecule has 7 heteroatoms. The Kier molecular flexibility index (Phi) is 4.84. The van der Waals surface area contributed by atoms with E-state index in [1.54, 1.807) is 0 Å². The van der Waals surface area contributed by atoms with Gasteiger partial charge >= 0.3 is 0 Å². The number of nitrogens with one attached hydrogen (secondary N) is 2. The molecule has 3 rings (SSSR count). The Morgan fingerprint density at radius 2 is 2.23 bits per heavy atom. The summed E-state index contributed by atoms with van der Waals surface area (Å²) >= 11 is 0. The van der Waals surface area contributed by atoms with E-state index in [1.807, 2.05) is 0 Å². The van der Waals surface area contributed by atoms with Gasteiger partial charge in [0, 0.05) is 12.2 Å². The van der Waals surface area contributed by atoms with Gasteiger partial charge in [-0.15, -0.1) is 0 Å². The number of fused-ring (bicyclic) bond motifs is 1. The number of anilines is 1. The summed E-state index contributed by atoms with van der Waals surface area (Å²) in [6.07, 6.45) is 5.70. The van der Waals surface area contributed by atoms with Gasteiger partial charge in [0.05, 0.1) is 18.4 Å². The zero-order valence-electron chi connectivity index (χ0n) is 12.5. The van der Waals surface area contributed by atoms with E-state index in [1.165, 1.54) is 0 Å². The molecule has 7 nitrogen and oxygen atoms in total. The predicted molar refractivity (Wildman–Crippen MR) is 79.9 cm³/mol. The number of aromatic amines is 1. The third-order valence-electron chi connectivity index (χ3n) is 4.01. The van der Waals surface area contributed by atoms with Crippen molar-refractivity contribution in [2.24, 2.45) is 0 Å². The van der Waals surface area contributed by atoms with Crippen LogP contribution < -0.4 is 10.9 Å². The zero-order valence-corrected chi connectivity index (χ0v) is 12.5. The van der Waals surface area contributed by atoms with Crippen molar-refractivity contribution in [2.75, 3.05) is 25.1 Å². The highest BCUT2D eigenvalue weighted by molar-refractivity contribution is 5.89. The minimum Gasteiger partial charge on any atom is -0.376 e. The van der Waals surface area contributed by atoms with E-state index in [0.29, 0.717) is 6.61 Å². The Hall–Kier alpha value is -1.73. The number of aryl methyl sites for hydroxylation is 1. The highest BCUT2D eigenvalue weighted by Gasteiger charge is 2.18. The first-order chi connectivity index (χ1) is 10.7. The lowest BCUT2D eigenvalue weighted by molar-refractivity contribution is -0.121. The SMILES string of the molecule is O=C(COCC1CCCO1)Nc1nc2c(c(=O)[nH]1)CCCC2. The van der Waals surface area contributed by atoms with Crippen molar-refractivity contribution in [2.45, 2.75) is 44.6 Å². The van der Waals surface area contributed by atoms with Crippen LogP contribution in [0.3, 0.4) is 0 Å². The molecule has 0 spiro atoms. The van der Waals surface area contributed by atoms with E-state index < -0.39 is 0 Å². The van der Waals surface area contributed by atoms with Gasteiger partial charge in [0.25, 0.3) is 11.5 Å². The number of carbonyl (C=O) groups is 1. The zero-order chi connectivity index (χ0) is 15.4. The maximum absolute atomic E-state index is 12.0. The van der Waals surface area contributed by atoms with Crippen molar-refractivity contribution in [1.82, 2.24) is 9.97 Å². The fourth-order valence-electron chi connectivity index (χ4n) is 2.89. The number of ether oxygens (including phenoxy) is 2. The summed E-state index contributed by atoms with van der Waals surface area (Å²) in [6.45, 7) is 1.11. The van der Waals surface area contributed by atoms with Crippen LogP contribution in [0.25, 0.3) is 0 Å². The summed E-state index contributed by atoms with van der Waals surface area (Å²) in [7, 11) is 0. The topological polar surface area (TPSA) is 93.3 Å². The molecule has 0 aromatic carbocycles. The lowest BCUT2D eigenvalue weighted by Gasteiger charge is -2.15. The number of rotatable bonds is 5. The molecule has 1 atom stereocenters. The molecule has 1 amide bonds. The Morgan fingerprint density at radius 3 is 3.05 bits per heavy atom. The smallest absolute Gasteiger partial charge is 0.255 e. The highest BCUT2D eigenvalue weighted by atomic mass is 16.5. The van der Waals surface area contributed by atoms with Crippen molar-refractivity contribution in [3.63, 3.8) is 0 Å². The molecular formula is C15H21N3O4. The lowest BCUT2D eigenvalue weighted by Crippen LogP contribution is -2.27. The molecule has 0 bridgehead atoms. The average molecular weight is 307 g/mol. The molecule has 120 valence electrons. The fourth-order valence-corrected chi connectivity index (χ4v) is 2.89. The second-order valence-electron chi connectivity index (χ2n) is 5.75. The molecule has 1 aromatic heterocycles. The molecule has 22 heavy (non-hydrogen) atoms. The Bertz CT molecular complexity index is 593. The van der Waals surface area contributed by atoms with Gasteiger partial charge in [-0.05, 0) is 38.5 Å². The first-order valence-corrected chi connectivity index (χ1v) is 7.83. The van der Waals surface area contributed by atoms with E-state index in [9.17, 15) is 9.59 Å². The van der Waals surface area contributed by atoms with Crippen LogP contribution >= 0.6 is 0 Å². The molecule has 1 fully saturated rings. The van der Waals surface area contributed by atoms with Crippen LogP contribution in [0.15, 0.2) is 4.79 Å². The average Bonchev–Trinajstić information content (AvgIpc) is 3.00. The Labute approximate surface area is 128 Å². The number of aromatic nitrogens is 2. The molecule has 1 aliphatic carbocycles. The number of H-pyrrole nitrogens is 1. The van der Waals surface area contributed by atoms with Gasteiger partial charge in [-0.2, -0.15) is 0 Å². The third kappa shape index (κ3) is 3.72. The van der Waals surface area contributed by atoms with Crippen LogP contribution in [-0.4, -0.2) is 41.8 Å². The largest absolute Gasteiger partial charge is 0.376 e. The molecule has 2 heterocycles. The second kappa shape index (κ2) is 7.02. The number of amides is 1. The quantitative estimate of drug-likeness (QED) is 0.838. The molecule has 0 radical (unpaired) electrons. The first kappa shape index (κ1) is 15.2. The normalized spacial score (nSPS) is 20.6. The lowest BCUT2D eigenvalue weighted by atomic mass is 9.97. The minimum atomic E-state index is -0.322. The summed E-state index contributed by atoms with van der Waals surface area (Å²) in [6, 6.07) is 0. The van der Waals surface area contributed by atoms with Gasteiger partial charge in [-0.25, -0.2) is 4.98 Å². The molecule has 1 aliphatic heterocycles. The van der Waals surface area contributed by atoms with Crippen LogP contribution in [0.5, 0.6) is 0 Å². The van der Waals surface area contributed by atoms with Gasteiger partial charge in [-0.3, -0.25) is 19.9 Å². The van der Waals surface area contributed by atoms with Crippen LogP contribution in [0, 0.1) is 0 Å². The second-order valence-corrected chi connectivity index (χ2v) is 5.75. The molecule has 1 aromatic rings. The van der Waals surface area contributed by atoms with Crippen LogP contribution in [0.4, 0.5) is 5.95 Å². The Morgan fingerprint density at radius 1 is 1.36 bits per heavy atom. The molecule has 1 saturated heterocycles. The maximum atomic E-state index is 12.0. The van der Waals surface area contributed by atoms with Gasteiger partial charge < -0.3 is 9.47 Å². The standard InChI is InChI=1S/C15H21N3O4/c19-13(9-21-8-10-4-3-7-22-10)17-15-16-12-6-2-1-5-11(12)14(20)18-15/h10H,1-9H2,(H2,16,17,18,19,20). The summed E-state index contributed by atoms with van der Waals surface area (Å²) < 4.78 is 10.8. The predicted octanol–water partition coefficient (Wildman–Crippen LogP) is 0.783. The number of hydrogen-bond donors (Lipinski definition) is 2. The van der Waals surface area contributed by atoms with Crippen LogP contribution in [-0.2, 0) is 27.1 Å². The summed E-state index contributed by atoms with van der Waals surface area (Å²) in [5.74, 6) is -0.117. The van der Waals surface area contributed by atoms with Crippen molar-refractivity contribution in [1.29, 1.82) is 0 Å². The number of nitrogens with zero attached hydrogens (tertiary/aromatic N) is 1. The summed E-state index contributed by atoms with van der Waals surface area (Å²) in [5, 5.41) is 2.59. The van der Waals surface area contributed by atoms with Crippen molar-refractivity contribution in [3.8, 4) is 0 Å².